The van der Waals surface area contributed by atoms with E-state index in [4.69, 9.17) is 15.2 Å². The molecule has 0 radical (unpaired) electrons. The van der Waals surface area contributed by atoms with E-state index in [0.29, 0.717) is 24.9 Å². The average Bonchev–Trinajstić information content (AvgIpc) is 2.30. The molecule has 1 aromatic rings. The highest BCUT2D eigenvalue weighted by Crippen LogP contribution is 2.17. The summed E-state index contributed by atoms with van der Waals surface area (Å²) in [6, 6.07) is 2.00. The number of rotatable bonds is 7. The van der Waals surface area contributed by atoms with Crippen molar-refractivity contribution in [2.24, 2.45) is 0 Å². The molecule has 0 aliphatic rings. The molecule has 2 N–H and O–H groups in total. The number of likely N-dealkylation sites (N-methyl/N-ethyl adjacent to an activating group) is 1. The van der Waals surface area contributed by atoms with Crippen LogP contribution in [-0.2, 0) is 16.1 Å². The molecular weight excluding hydrogens is 232 g/mol. The summed E-state index contributed by atoms with van der Waals surface area (Å²) in [5, 5.41) is 0. The quantitative estimate of drug-likeness (QED) is 0.784. The van der Waals surface area contributed by atoms with E-state index in [1.54, 1.807) is 20.3 Å². The molecule has 0 amide bonds. The van der Waals surface area contributed by atoms with Crippen LogP contribution in [-0.4, -0.2) is 43.4 Å². The summed E-state index contributed by atoms with van der Waals surface area (Å²) in [5.74, 6) is 1.85. The van der Waals surface area contributed by atoms with E-state index in [-0.39, 0.29) is 6.04 Å². The molecule has 1 heterocycles. The Kier molecular flexibility index (Phi) is 5.80. The standard InChI is InChI=1S/C12H22N4O2/c1-5-16(9(2)7-17-3)12-6-10(13)14-11(15-12)8-18-4/h6,9H,5,7-8H2,1-4H3,(H2,13,14,15). The van der Waals surface area contributed by atoms with Gasteiger partial charge in [0.1, 0.15) is 18.2 Å². The predicted octanol–water partition coefficient (Wildman–Crippen LogP) is 1.07. The molecule has 1 atom stereocenters. The fourth-order valence-corrected chi connectivity index (χ4v) is 1.87. The molecule has 1 rings (SSSR count). The van der Waals surface area contributed by atoms with Gasteiger partial charge in [-0.15, -0.1) is 0 Å². The van der Waals surface area contributed by atoms with Crippen LogP contribution >= 0.6 is 0 Å². The maximum absolute atomic E-state index is 5.79. The van der Waals surface area contributed by atoms with Crippen molar-refractivity contribution >= 4 is 11.6 Å². The van der Waals surface area contributed by atoms with E-state index >= 15 is 0 Å². The SMILES string of the molecule is CCN(c1cc(N)nc(COC)n1)C(C)COC. The molecule has 6 nitrogen and oxygen atoms in total. The van der Waals surface area contributed by atoms with E-state index in [9.17, 15) is 0 Å². The lowest BCUT2D eigenvalue weighted by Crippen LogP contribution is -2.37. The maximum atomic E-state index is 5.79. The zero-order valence-electron chi connectivity index (χ0n) is 11.5. The average molecular weight is 254 g/mol. The van der Waals surface area contributed by atoms with Crippen LogP contribution in [0.3, 0.4) is 0 Å². The second-order valence-electron chi connectivity index (χ2n) is 4.09. The zero-order chi connectivity index (χ0) is 13.5. The molecule has 0 saturated heterocycles. The Morgan fingerprint density at radius 1 is 1.33 bits per heavy atom. The molecule has 1 unspecified atom stereocenters. The summed E-state index contributed by atoms with van der Waals surface area (Å²) in [7, 11) is 3.30. The second kappa shape index (κ2) is 7.13. The van der Waals surface area contributed by atoms with E-state index in [1.165, 1.54) is 0 Å². The molecule has 0 spiro atoms. The minimum atomic E-state index is 0.227. The van der Waals surface area contributed by atoms with Crippen molar-refractivity contribution in [1.82, 2.24) is 9.97 Å². The minimum absolute atomic E-state index is 0.227. The first-order chi connectivity index (χ1) is 8.62. The summed E-state index contributed by atoms with van der Waals surface area (Å²) >= 11 is 0. The lowest BCUT2D eigenvalue weighted by Gasteiger charge is -2.28. The van der Waals surface area contributed by atoms with Crippen LogP contribution < -0.4 is 10.6 Å². The molecule has 0 aliphatic heterocycles. The smallest absolute Gasteiger partial charge is 0.158 e. The van der Waals surface area contributed by atoms with E-state index < -0.39 is 0 Å². The lowest BCUT2D eigenvalue weighted by atomic mass is 10.3. The summed E-state index contributed by atoms with van der Waals surface area (Å²) in [5.41, 5.74) is 5.79. The van der Waals surface area contributed by atoms with Crippen LogP contribution in [0.2, 0.25) is 0 Å². The molecule has 18 heavy (non-hydrogen) atoms. The Labute approximate surface area is 108 Å². The molecule has 0 saturated carbocycles. The summed E-state index contributed by atoms with van der Waals surface area (Å²) in [6.45, 7) is 5.97. The van der Waals surface area contributed by atoms with E-state index in [1.807, 2.05) is 0 Å². The fraction of sp³-hybridized carbons (Fsp3) is 0.667. The summed E-state index contributed by atoms with van der Waals surface area (Å²) in [6.07, 6.45) is 0. The second-order valence-corrected chi connectivity index (χ2v) is 4.09. The Morgan fingerprint density at radius 2 is 2.06 bits per heavy atom. The van der Waals surface area contributed by atoms with Gasteiger partial charge in [0, 0.05) is 26.8 Å². The number of hydrogen-bond acceptors (Lipinski definition) is 6. The molecule has 102 valence electrons. The number of ether oxygens (including phenoxy) is 2. The zero-order valence-corrected chi connectivity index (χ0v) is 11.5. The van der Waals surface area contributed by atoms with E-state index in [2.05, 4.69) is 28.7 Å². The van der Waals surface area contributed by atoms with Crippen LogP contribution in [0.25, 0.3) is 0 Å². The molecule has 0 aliphatic carbocycles. The Bertz CT molecular complexity index is 373. The van der Waals surface area contributed by atoms with Gasteiger partial charge in [0.25, 0.3) is 0 Å². The van der Waals surface area contributed by atoms with Crippen molar-refractivity contribution in [3.8, 4) is 0 Å². The monoisotopic (exact) mass is 254 g/mol. The van der Waals surface area contributed by atoms with Crippen LogP contribution in [0, 0.1) is 0 Å². The molecule has 6 heteroatoms. The summed E-state index contributed by atoms with van der Waals surface area (Å²) in [4.78, 5) is 10.7. The molecule has 0 aromatic carbocycles. The first kappa shape index (κ1) is 14.7. The minimum Gasteiger partial charge on any atom is -0.384 e. The number of methoxy groups -OCH3 is 2. The van der Waals surface area contributed by atoms with Gasteiger partial charge in [-0.1, -0.05) is 0 Å². The van der Waals surface area contributed by atoms with Gasteiger partial charge in [0.2, 0.25) is 0 Å². The Hall–Kier alpha value is -1.40. The predicted molar refractivity (Wildman–Crippen MR) is 71.5 cm³/mol. The maximum Gasteiger partial charge on any atom is 0.158 e. The van der Waals surface area contributed by atoms with E-state index in [0.717, 1.165) is 12.4 Å². The van der Waals surface area contributed by atoms with Gasteiger partial charge in [0.05, 0.1) is 12.6 Å². The normalized spacial score (nSPS) is 12.4. The van der Waals surface area contributed by atoms with Crippen molar-refractivity contribution in [1.29, 1.82) is 0 Å². The van der Waals surface area contributed by atoms with Crippen molar-refractivity contribution < 1.29 is 9.47 Å². The van der Waals surface area contributed by atoms with Crippen molar-refractivity contribution in [2.75, 3.05) is 38.0 Å². The van der Waals surface area contributed by atoms with Gasteiger partial charge in [-0.25, -0.2) is 9.97 Å². The highest BCUT2D eigenvalue weighted by atomic mass is 16.5. The van der Waals surface area contributed by atoms with Gasteiger partial charge in [-0.05, 0) is 13.8 Å². The van der Waals surface area contributed by atoms with Crippen LogP contribution in [0.1, 0.15) is 19.7 Å². The van der Waals surface area contributed by atoms with Gasteiger partial charge < -0.3 is 20.1 Å². The van der Waals surface area contributed by atoms with Crippen molar-refractivity contribution in [3.05, 3.63) is 11.9 Å². The first-order valence-corrected chi connectivity index (χ1v) is 6.00. The highest BCUT2D eigenvalue weighted by molar-refractivity contribution is 5.47. The van der Waals surface area contributed by atoms with Gasteiger partial charge >= 0.3 is 0 Å². The van der Waals surface area contributed by atoms with Gasteiger partial charge in [0.15, 0.2) is 5.82 Å². The first-order valence-electron chi connectivity index (χ1n) is 6.00. The third kappa shape index (κ3) is 3.82. The lowest BCUT2D eigenvalue weighted by molar-refractivity contribution is 0.177. The van der Waals surface area contributed by atoms with Crippen molar-refractivity contribution in [3.63, 3.8) is 0 Å². The number of nitrogen functional groups attached to an aromatic ring is 1. The number of nitrogens with zero attached hydrogens (tertiary/aromatic N) is 3. The molecule has 1 aromatic heterocycles. The topological polar surface area (TPSA) is 73.5 Å². The largest absolute Gasteiger partial charge is 0.384 e. The number of aromatic nitrogens is 2. The van der Waals surface area contributed by atoms with Gasteiger partial charge in [-0.3, -0.25) is 0 Å². The fourth-order valence-electron chi connectivity index (χ4n) is 1.87. The Morgan fingerprint density at radius 3 is 2.61 bits per heavy atom. The molecule has 0 bridgehead atoms. The van der Waals surface area contributed by atoms with Crippen molar-refractivity contribution in [2.45, 2.75) is 26.5 Å². The molecule has 0 fully saturated rings. The third-order valence-corrected chi connectivity index (χ3v) is 2.63. The van der Waals surface area contributed by atoms with Gasteiger partial charge in [-0.2, -0.15) is 0 Å². The number of hydrogen-bond donors (Lipinski definition) is 1. The Balaban J connectivity index is 2.97. The van der Waals surface area contributed by atoms with Crippen LogP contribution in [0.15, 0.2) is 6.07 Å². The highest BCUT2D eigenvalue weighted by Gasteiger charge is 2.15. The van der Waals surface area contributed by atoms with Crippen LogP contribution in [0.4, 0.5) is 11.6 Å². The number of nitrogens with two attached hydrogens (primary N) is 1. The van der Waals surface area contributed by atoms with Crippen LogP contribution in [0.5, 0.6) is 0 Å². The molecular formula is C12H22N4O2. The summed E-state index contributed by atoms with van der Waals surface area (Å²) < 4.78 is 10.2. The third-order valence-electron chi connectivity index (χ3n) is 2.63. The number of anilines is 2.